The molecule has 37 heavy (non-hydrogen) atoms. The van der Waals surface area contributed by atoms with Crippen LogP contribution in [0.1, 0.15) is 5.82 Å². The monoisotopic (exact) mass is 535 g/mol. The Kier molecular flexibility index (Phi) is 12.6. The van der Waals surface area contributed by atoms with Gasteiger partial charge < -0.3 is 32.7 Å². The van der Waals surface area contributed by atoms with E-state index >= 15 is 0 Å². The molecule has 0 amide bonds. The summed E-state index contributed by atoms with van der Waals surface area (Å²) in [5, 5.41) is 0. The molecule has 2 aromatic carbocycles. The average molecular weight is 536 g/mol. The van der Waals surface area contributed by atoms with Crippen LogP contribution in [0, 0.1) is 0 Å². The van der Waals surface area contributed by atoms with Crippen LogP contribution in [0.3, 0.4) is 0 Å². The third-order valence-electron chi connectivity index (χ3n) is 5.07. The first kappa shape index (κ1) is 28.8. The molecule has 0 spiro atoms. The summed E-state index contributed by atoms with van der Waals surface area (Å²) >= 11 is 0. The molecule has 0 N–H and O–H groups in total. The molecule has 11 heteroatoms. The number of ether oxygens (including phenoxy) is 5. The number of hydrogen-bond acceptors (Lipinski definition) is 8. The van der Waals surface area contributed by atoms with Crippen LogP contribution in [-0.2, 0) is 41.9 Å². The Morgan fingerprint density at radius 1 is 0.703 bits per heavy atom. The van der Waals surface area contributed by atoms with Gasteiger partial charge in [-0.3, -0.25) is 0 Å². The van der Waals surface area contributed by atoms with Crippen LogP contribution >= 0.6 is 7.75 Å². The zero-order valence-corrected chi connectivity index (χ0v) is 22.3. The molecular weight excluding hydrogens is 499 g/mol. The van der Waals surface area contributed by atoms with Crippen LogP contribution in [0.2, 0.25) is 0 Å². The molecule has 202 valence electrons. The second-order valence-electron chi connectivity index (χ2n) is 7.83. The van der Waals surface area contributed by atoms with Gasteiger partial charge in [-0.25, -0.2) is 4.57 Å². The SMILES string of the molecule is COCCOCCOCCOCCOCc1n(P(=O)(Oc2ccccc2)Oc2ccccc2)cc[n+]1C. The van der Waals surface area contributed by atoms with E-state index in [1.54, 1.807) is 43.8 Å². The molecule has 0 aliphatic rings. The maximum atomic E-state index is 14.1. The van der Waals surface area contributed by atoms with Gasteiger partial charge in [0.15, 0.2) is 0 Å². The number of methoxy groups -OCH3 is 1. The van der Waals surface area contributed by atoms with Crippen LogP contribution in [0.15, 0.2) is 73.1 Å². The van der Waals surface area contributed by atoms with E-state index in [-0.39, 0.29) is 6.61 Å². The number of para-hydroxylation sites is 2. The molecule has 1 aromatic heterocycles. The minimum absolute atomic E-state index is 0.183. The molecule has 0 radical (unpaired) electrons. The van der Waals surface area contributed by atoms with E-state index in [2.05, 4.69) is 0 Å². The first-order valence-electron chi connectivity index (χ1n) is 12.1. The maximum absolute atomic E-state index is 14.1. The molecule has 0 fully saturated rings. The van der Waals surface area contributed by atoms with Gasteiger partial charge in [-0.2, -0.15) is 4.57 Å². The summed E-state index contributed by atoms with van der Waals surface area (Å²) in [5.74, 6) is 1.48. The fourth-order valence-electron chi connectivity index (χ4n) is 3.19. The highest BCUT2D eigenvalue weighted by molar-refractivity contribution is 7.53. The number of imidazole rings is 1. The van der Waals surface area contributed by atoms with E-state index in [0.29, 0.717) is 70.2 Å². The van der Waals surface area contributed by atoms with E-state index in [4.69, 9.17) is 32.7 Å². The summed E-state index contributed by atoms with van der Waals surface area (Å²) < 4.78 is 56.4. The van der Waals surface area contributed by atoms with Gasteiger partial charge in [0.25, 0.3) is 5.82 Å². The second-order valence-corrected chi connectivity index (χ2v) is 9.56. The summed E-state index contributed by atoms with van der Waals surface area (Å²) in [7, 11) is -0.386. The summed E-state index contributed by atoms with van der Waals surface area (Å²) in [6, 6.07) is 17.9. The third-order valence-corrected chi connectivity index (χ3v) is 6.85. The zero-order chi connectivity index (χ0) is 26.2. The fourth-order valence-corrected chi connectivity index (χ4v) is 4.88. The maximum Gasteiger partial charge on any atom is 0.641 e. The molecule has 0 aliphatic carbocycles. The van der Waals surface area contributed by atoms with Gasteiger partial charge in [-0.05, 0) is 24.3 Å². The summed E-state index contributed by atoms with van der Waals surface area (Å²) in [4.78, 5) is 0. The molecule has 0 bridgehead atoms. The van der Waals surface area contributed by atoms with Gasteiger partial charge in [0.2, 0.25) is 0 Å². The Labute approximate surface area is 218 Å². The molecule has 1 heterocycles. The van der Waals surface area contributed by atoms with Crippen molar-refractivity contribution in [3.05, 3.63) is 78.9 Å². The number of rotatable bonds is 19. The van der Waals surface area contributed by atoms with Crippen molar-refractivity contribution in [2.75, 3.05) is 60.0 Å². The highest BCUT2D eigenvalue weighted by Gasteiger charge is 2.41. The van der Waals surface area contributed by atoms with Crippen molar-refractivity contribution in [2.24, 2.45) is 7.05 Å². The van der Waals surface area contributed by atoms with Gasteiger partial charge in [0.05, 0.1) is 59.9 Å². The minimum Gasteiger partial charge on any atom is -0.383 e. The van der Waals surface area contributed by atoms with E-state index in [9.17, 15) is 4.57 Å². The highest BCUT2D eigenvalue weighted by atomic mass is 31.2. The summed E-state index contributed by atoms with van der Waals surface area (Å²) in [5.41, 5.74) is 0. The Morgan fingerprint density at radius 3 is 1.65 bits per heavy atom. The van der Waals surface area contributed by atoms with Crippen molar-refractivity contribution >= 4 is 7.75 Å². The number of aromatic nitrogens is 2. The van der Waals surface area contributed by atoms with Gasteiger partial charge in [0, 0.05) is 7.11 Å². The van der Waals surface area contributed by atoms with Crippen molar-refractivity contribution in [3.63, 3.8) is 0 Å². The molecule has 0 saturated heterocycles. The van der Waals surface area contributed by atoms with Gasteiger partial charge in [0.1, 0.15) is 30.5 Å². The molecule has 3 rings (SSSR count). The van der Waals surface area contributed by atoms with E-state index in [1.807, 2.05) is 48.0 Å². The normalized spacial score (nSPS) is 11.5. The van der Waals surface area contributed by atoms with Crippen molar-refractivity contribution in [1.29, 1.82) is 0 Å². The first-order chi connectivity index (χ1) is 18.1. The van der Waals surface area contributed by atoms with Crippen LogP contribution < -0.4 is 13.6 Å². The van der Waals surface area contributed by atoms with Crippen molar-refractivity contribution in [1.82, 2.24) is 4.34 Å². The molecule has 0 aliphatic heterocycles. The Morgan fingerprint density at radius 2 is 1.16 bits per heavy atom. The van der Waals surface area contributed by atoms with Crippen molar-refractivity contribution in [2.45, 2.75) is 6.61 Å². The van der Waals surface area contributed by atoms with Gasteiger partial charge >= 0.3 is 7.75 Å². The second kappa shape index (κ2) is 16.2. The number of hydrogen-bond donors (Lipinski definition) is 0. The Balaban J connectivity index is 1.50. The van der Waals surface area contributed by atoms with Crippen molar-refractivity contribution in [3.8, 4) is 11.5 Å². The van der Waals surface area contributed by atoms with Crippen molar-refractivity contribution < 1.29 is 41.9 Å². The molecular formula is C26H36N2O8P+. The quantitative estimate of drug-likeness (QED) is 0.131. The number of benzene rings is 2. The largest absolute Gasteiger partial charge is 0.641 e. The topological polar surface area (TPSA) is 90.5 Å². The number of nitrogens with zero attached hydrogens (tertiary/aromatic N) is 2. The summed E-state index contributed by atoms with van der Waals surface area (Å²) in [6.45, 7) is 4.03. The van der Waals surface area contributed by atoms with Gasteiger partial charge in [-0.1, -0.05) is 36.4 Å². The lowest BCUT2D eigenvalue weighted by Gasteiger charge is -2.17. The molecule has 0 unspecified atom stereocenters. The summed E-state index contributed by atoms with van der Waals surface area (Å²) in [6.07, 6.45) is 3.44. The predicted octanol–water partition coefficient (Wildman–Crippen LogP) is 3.64. The van der Waals surface area contributed by atoms with Crippen LogP contribution in [0.4, 0.5) is 0 Å². The average Bonchev–Trinajstić information content (AvgIpc) is 3.29. The van der Waals surface area contributed by atoms with Crippen LogP contribution in [0.5, 0.6) is 11.5 Å². The third kappa shape index (κ3) is 9.92. The molecule has 0 saturated carbocycles. The minimum atomic E-state index is -3.87. The van der Waals surface area contributed by atoms with Crippen LogP contribution in [0.25, 0.3) is 0 Å². The Bertz CT molecular complexity index is 1020. The molecule has 0 atom stereocenters. The lowest BCUT2D eigenvalue weighted by molar-refractivity contribution is -0.680. The molecule has 10 nitrogen and oxygen atoms in total. The number of aryl methyl sites for hydroxylation is 1. The van der Waals surface area contributed by atoms with Gasteiger partial charge in [-0.15, -0.1) is 4.34 Å². The molecule has 3 aromatic rings. The highest BCUT2D eigenvalue weighted by Crippen LogP contribution is 2.50. The standard InChI is InChI=1S/C26H36N2O8P/c1-27-13-14-28(26(27)23-34-22-21-33-20-19-32-18-17-31-16-15-30-2)37(29,35-24-9-5-3-6-10-24)36-25-11-7-4-8-12-25/h3-14H,15-23H2,1-2H3/q+1. The fraction of sp³-hybridized carbons (Fsp3) is 0.423. The van der Waals surface area contributed by atoms with E-state index in [1.165, 1.54) is 4.34 Å². The first-order valence-corrected chi connectivity index (χ1v) is 13.6. The van der Waals surface area contributed by atoms with E-state index in [0.717, 1.165) is 0 Å². The smallest absolute Gasteiger partial charge is 0.383 e. The zero-order valence-electron chi connectivity index (χ0n) is 21.4. The lowest BCUT2D eigenvalue weighted by Crippen LogP contribution is -2.33. The Hall–Kier alpha value is -2.72. The van der Waals surface area contributed by atoms with E-state index < -0.39 is 7.75 Å². The van der Waals surface area contributed by atoms with Crippen LogP contribution in [-0.4, -0.2) is 64.3 Å². The predicted molar refractivity (Wildman–Crippen MR) is 137 cm³/mol. The lowest BCUT2D eigenvalue weighted by atomic mass is 10.3.